The first-order chi connectivity index (χ1) is 9.74. The third-order valence-electron chi connectivity index (χ3n) is 3.23. The molecular weight excluding hydrogens is 252 g/mol. The maximum Gasteiger partial charge on any atom is 0.250 e. The van der Waals surface area contributed by atoms with Crippen LogP contribution in [-0.4, -0.2) is 11.7 Å². The third kappa shape index (κ3) is 3.48. The average Bonchev–Trinajstić information content (AvgIpc) is 2.48. The minimum Gasteiger partial charge on any atom is -0.380 e. The van der Waals surface area contributed by atoms with Crippen LogP contribution < -0.4 is 10.9 Å². The number of hydrogen-bond donors (Lipinski definition) is 1. The minimum absolute atomic E-state index is 0.0258. The van der Waals surface area contributed by atoms with Gasteiger partial charge < -0.3 is 14.6 Å². The number of aryl methyl sites for hydroxylation is 1. The number of anilines is 1. The number of pyridine rings is 1. The Morgan fingerprint density at radius 1 is 1.15 bits per heavy atom. The van der Waals surface area contributed by atoms with Gasteiger partial charge in [-0.25, -0.2) is 0 Å². The average molecular weight is 272 g/mol. The number of benzene rings is 1. The molecule has 4 nitrogen and oxygen atoms in total. The van der Waals surface area contributed by atoms with Crippen molar-refractivity contribution in [3.63, 3.8) is 0 Å². The van der Waals surface area contributed by atoms with Crippen LogP contribution >= 0.6 is 0 Å². The molecule has 4 heteroatoms. The molecule has 0 unspecified atom stereocenters. The number of ether oxygens (including phenoxy) is 1. The third-order valence-corrected chi connectivity index (χ3v) is 3.23. The van der Waals surface area contributed by atoms with Gasteiger partial charge in [-0.1, -0.05) is 24.3 Å². The molecule has 1 aromatic heterocycles. The number of methoxy groups -OCH3 is 1. The van der Waals surface area contributed by atoms with E-state index in [4.69, 9.17) is 4.74 Å². The first-order valence-corrected chi connectivity index (χ1v) is 6.74. The lowest BCUT2D eigenvalue weighted by atomic mass is 10.1. The highest BCUT2D eigenvalue weighted by molar-refractivity contribution is 5.42. The van der Waals surface area contributed by atoms with Crippen LogP contribution in [0.5, 0.6) is 0 Å². The van der Waals surface area contributed by atoms with Gasteiger partial charge in [0.2, 0.25) is 0 Å². The Balaban J connectivity index is 2.10. The Hall–Kier alpha value is -2.07. The van der Waals surface area contributed by atoms with E-state index in [-0.39, 0.29) is 5.56 Å². The first kappa shape index (κ1) is 14.3. The van der Waals surface area contributed by atoms with Gasteiger partial charge in [-0.15, -0.1) is 0 Å². The van der Waals surface area contributed by atoms with Crippen LogP contribution in [-0.2, 0) is 24.4 Å². The minimum atomic E-state index is 0.0258. The molecule has 1 heterocycles. The predicted octanol–water partition coefficient (Wildman–Crippen LogP) is 2.63. The molecule has 20 heavy (non-hydrogen) atoms. The summed E-state index contributed by atoms with van der Waals surface area (Å²) >= 11 is 0. The number of aromatic nitrogens is 1. The van der Waals surface area contributed by atoms with Gasteiger partial charge in [0.1, 0.15) is 0 Å². The lowest BCUT2D eigenvalue weighted by molar-refractivity contribution is 0.184. The molecule has 1 aromatic carbocycles. The summed E-state index contributed by atoms with van der Waals surface area (Å²) < 4.78 is 6.88. The summed E-state index contributed by atoms with van der Waals surface area (Å²) in [4.78, 5) is 11.5. The monoisotopic (exact) mass is 272 g/mol. The molecule has 0 aliphatic rings. The van der Waals surface area contributed by atoms with Crippen molar-refractivity contribution in [3.8, 4) is 0 Å². The normalized spacial score (nSPS) is 10.5. The number of nitrogens with one attached hydrogen (secondary N) is 1. The molecule has 0 aliphatic carbocycles. The van der Waals surface area contributed by atoms with E-state index < -0.39 is 0 Å². The summed E-state index contributed by atoms with van der Waals surface area (Å²) in [6, 6.07) is 11.6. The predicted molar refractivity (Wildman–Crippen MR) is 80.9 cm³/mol. The molecule has 0 amide bonds. The van der Waals surface area contributed by atoms with E-state index in [1.165, 1.54) is 11.1 Å². The van der Waals surface area contributed by atoms with Crippen molar-refractivity contribution in [1.82, 2.24) is 4.57 Å². The van der Waals surface area contributed by atoms with E-state index in [0.29, 0.717) is 19.7 Å². The summed E-state index contributed by atoms with van der Waals surface area (Å²) in [5, 5.41) is 3.35. The van der Waals surface area contributed by atoms with Crippen molar-refractivity contribution in [2.24, 2.45) is 0 Å². The van der Waals surface area contributed by atoms with Gasteiger partial charge in [-0.2, -0.15) is 0 Å². The molecule has 0 fully saturated rings. The van der Waals surface area contributed by atoms with Gasteiger partial charge in [0.15, 0.2) is 0 Å². The van der Waals surface area contributed by atoms with Crippen LogP contribution in [0.3, 0.4) is 0 Å². The van der Waals surface area contributed by atoms with Gasteiger partial charge in [-0.3, -0.25) is 4.79 Å². The van der Waals surface area contributed by atoms with Crippen LogP contribution in [0.2, 0.25) is 0 Å². The molecule has 0 radical (unpaired) electrons. The lowest BCUT2D eigenvalue weighted by Crippen LogP contribution is -2.18. The Morgan fingerprint density at radius 2 is 1.90 bits per heavy atom. The van der Waals surface area contributed by atoms with E-state index in [0.717, 1.165) is 5.69 Å². The van der Waals surface area contributed by atoms with Crippen molar-refractivity contribution in [2.45, 2.75) is 26.6 Å². The first-order valence-electron chi connectivity index (χ1n) is 6.74. The van der Waals surface area contributed by atoms with Crippen LogP contribution in [0.25, 0.3) is 0 Å². The molecule has 1 N–H and O–H groups in total. The second-order valence-electron chi connectivity index (χ2n) is 4.60. The van der Waals surface area contributed by atoms with Crippen molar-refractivity contribution in [2.75, 3.05) is 12.4 Å². The fourth-order valence-electron chi connectivity index (χ4n) is 2.11. The highest BCUT2D eigenvalue weighted by Gasteiger charge is 2.02. The number of nitrogens with zero attached hydrogens (tertiary/aromatic N) is 1. The van der Waals surface area contributed by atoms with Crippen molar-refractivity contribution < 1.29 is 4.74 Å². The molecule has 2 rings (SSSR count). The quantitative estimate of drug-likeness (QED) is 0.879. The zero-order valence-corrected chi connectivity index (χ0v) is 11.9. The maximum atomic E-state index is 11.5. The van der Waals surface area contributed by atoms with E-state index in [1.807, 2.05) is 31.3 Å². The highest BCUT2D eigenvalue weighted by atomic mass is 16.5. The summed E-state index contributed by atoms with van der Waals surface area (Å²) in [5.41, 5.74) is 3.34. The van der Waals surface area contributed by atoms with E-state index in [9.17, 15) is 4.79 Å². The van der Waals surface area contributed by atoms with Crippen LogP contribution in [0.4, 0.5) is 5.69 Å². The van der Waals surface area contributed by atoms with Crippen molar-refractivity contribution >= 4 is 5.69 Å². The van der Waals surface area contributed by atoms with Gasteiger partial charge in [0, 0.05) is 32.5 Å². The van der Waals surface area contributed by atoms with Gasteiger partial charge >= 0.3 is 0 Å². The molecule has 0 bridgehead atoms. The molecule has 2 aromatic rings. The van der Waals surface area contributed by atoms with Crippen molar-refractivity contribution in [3.05, 3.63) is 64.1 Å². The highest BCUT2D eigenvalue weighted by Crippen LogP contribution is 2.12. The number of hydrogen-bond acceptors (Lipinski definition) is 3. The van der Waals surface area contributed by atoms with Gasteiger partial charge in [-0.05, 0) is 24.1 Å². The molecular formula is C16H20N2O2. The van der Waals surface area contributed by atoms with E-state index >= 15 is 0 Å². The summed E-state index contributed by atoms with van der Waals surface area (Å²) in [5.74, 6) is 0. The Bertz CT molecular complexity index is 620. The van der Waals surface area contributed by atoms with E-state index in [2.05, 4.69) is 17.4 Å². The van der Waals surface area contributed by atoms with Crippen LogP contribution in [0.15, 0.2) is 47.4 Å². The fourth-order valence-corrected chi connectivity index (χ4v) is 2.11. The Kier molecular flexibility index (Phi) is 4.96. The smallest absolute Gasteiger partial charge is 0.250 e. The largest absolute Gasteiger partial charge is 0.380 e. The second-order valence-corrected chi connectivity index (χ2v) is 4.60. The summed E-state index contributed by atoms with van der Waals surface area (Å²) in [7, 11) is 1.70. The van der Waals surface area contributed by atoms with Crippen LogP contribution in [0.1, 0.15) is 18.1 Å². The zero-order chi connectivity index (χ0) is 14.4. The lowest BCUT2D eigenvalue weighted by Gasteiger charge is -2.12. The SMILES string of the molecule is CCn1cc(NCc2ccccc2COC)ccc1=O. The molecule has 0 saturated heterocycles. The Labute approximate surface area is 119 Å². The van der Waals surface area contributed by atoms with Gasteiger partial charge in [0.05, 0.1) is 12.3 Å². The van der Waals surface area contributed by atoms with E-state index in [1.54, 1.807) is 17.7 Å². The fraction of sp³-hybridized carbons (Fsp3) is 0.312. The maximum absolute atomic E-state index is 11.5. The summed E-state index contributed by atoms with van der Waals surface area (Å²) in [6.45, 7) is 3.95. The van der Waals surface area contributed by atoms with Gasteiger partial charge in [0.25, 0.3) is 5.56 Å². The molecule has 0 spiro atoms. The number of rotatable bonds is 6. The second kappa shape index (κ2) is 6.91. The Morgan fingerprint density at radius 3 is 2.60 bits per heavy atom. The standard InChI is InChI=1S/C16H20N2O2/c1-3-18-11-15(8-9-16(18)19)17-10-13-6-4-5-7-14(13)12-20-2/h4-9,11,17H,3,10,12H2,1-2H3. The van der Waals surface area contributed by atoms with Crippen LogP contribution in [0, 0.1) is 0 Å². The topological polar surface area (TPSA) is 43.3 Å². The molecule has 0 saturated carbocycles. The molecule has 106 valence electrons. The molecule has 0 atom stereocenters. The zero-order valence-electron chi connectivity index (χ0n) is 11.9. The van der Waals surface area contributed by atoms with Crippen molar-refractivity contribution in [1.29, 1.82) is 0 Å². The molecule has 0 aliphatic heterocycles. The summed E-state index contributed by atoms with van der Waals surface area (Å²) in [6.07, 6.45) is 1.85.